The normalized spacial score (nSPS) is 12.4. The van der Waals surface area contributed by atoms with Crippen molar-refractivity contribution in [3.8, 4) is 0 Å². The van der Waals surface area contributed by atoms with Gasteiger partial charge in [-0.15, -0.1) is 0 Å². The van der Waals surface area contributed by atoms with Gasteiger partial charge in [-0.05, 0) is 29.8 Å². The van der Waals surface area contributed by atoms with E-state index in [-0.39, 0.29) is 12.0 Å². The molecule has 2 aromatic carbocycles. The molecule has 0 aliphatic rings. The summed E-state index contributed by atoms with van der Waals surface area (Å²) in [5.74, 6) is -3.41. The molecule has 1 heterocycles. The fourth-order valence-electron chi connectivity index (χ4n) is 2.74. The van der Waals surface area contributed by atoms with Gasteiger partial charge in [0.05, 0.1) is 0 Å². The van der Waals surface area contributed by atoms with E-state index in [1.165, 1.54) is 6.07 Å². The Morgan fingerprint density at radius 1 is 1.19 bits per heavy atom. The molecule has 0 aliphatic carbocycles. The van der Waals surface area contributed by atoms with E-state index in [4.69, 9.17) is 0 Å². The lowest BCUT2D eigenvalue weighted by atomic mass is 10.0. The zero-order valence-corrected chi connectivity index (χ0v) is 14.1. The summed E-state index contributed by atoms with van der Waals surface area (Å²) >= 11 is 0. The Hall–Kier alpha value is -3.48. The number of benzene rings is 2. The molecular formula is C20H16F2N2O3. The highest BCUT2D eigenvalue weighted by molar-refractivity contribution is 5.94. The lowest BCUT2D eigenvalue weighted by Crippen LogP contribution is -2.41. The molecule has 0 saturated carbocycles. The molecule has 1 aromatic heterocycles. The number of aromatic nitrogens is 1. The first kappa shape index (κ1) is 18.3. The molecular weight excluding hydrogens is 354 g/mol. The minimum atomic E-state index is -1.19. The first-order chi connectivity index (χ1) is 12.9. The number of carboxylic acids is 1. The molecule has 0 fully saturated rings. The smallest absolute Gasteiger partial charge is 0.326 e. The van der Waals surface area contributed by atoms with Crippen LogP contribution in [0.25, 0.3) is 17.0 Å². The minimum absolute atomic E-state index is 0.0232. The first-order valence-corrected chi connectivity index (χ1v) is 8.15. The Kier molecular flexibility index (Phi) is 5.30. The van der Waals surface area contributed by atoms with Gasteiger partial charge < -0.3 is 15.4 Å². The van der Waals surface area contributed by atoms with Crippen molar-refractivity contribution < 1.29 is 23.5 Å². The zero-order valence-electron chi connectivity index (χ0n) is 14.1. The van der Waals surface area contributed by atoms with Crippen molar-refractivity contribution in [2.24, 2.45) is 0 Å². The van der Waals surface area contributed by atoms with Crippen LogP contribution in [0.1, 0.15) is 11.1 Å². The molecule has 0 spiro atoms. The SMILES string of the molecule is O=C(C=Cc1ccc(F)cc1F)N[C@@H](Cc1c[nH]c2ccccc12)C(=O)O. The molecule has 3 aromatic rings. The highest BCUT2D eigenvalue weighted by Crippen LogP contribution is 2.19. The largest absolute Gasteiger partial charge is 0.480 e. The van der Waals surface area contributed by atoms with Crippen molar-refractivity contribution in [2.75, 3.05) is 0 Å². The van der Waals surface area contributed by atoms with Gasteiger partial charge in [0.25, 0.3) is 0 Å². The second-order valence-electron chi connectivity index (χ2n) is 5.96. The van der Waals surface area contributed by atoms with E-state index >= 15 is 0 Å². The van der Waals surface area contributed by atoms with E-state index in [1.54, 1.807) is 6.20 Å². The van der Waals surface area contributed by atoms with Crippen LogP contribution in [-0.2, 0) is 16.0 Å². The second kappa shape index (κ2) is 7.82. The van der Waals surface area contributed by atoms with Crippen LogP contribution >= 0.6 is 0 Å². The van der Waals surface area contributed by atoms with Crippen molar-refractivity contribution >= 4 is 28.9 Å². The zero-order chi connectivity index (χ0) is 19.4. The van der Waals surface area contributed by atoms with E-state index < -0.39 is 29.6 Å². The van der Waals surface area contributed by atoms with Crippen molar-refractivity contribution in [3.63, 3.8) is 0 Å². The number of carbonyl (C=O) groups excluding carboxylic acids is 1. The summed E-state index contributed by atoms with van der Waals surface area (Å²) in [5.41, 5.74) is 1.65. The van der Waals surface area contributed by atoms with Crippen molar-refractivity contribution in [1.82, 2.24) is 10.3 Å². The van der Waals surface area contributed by atoms with E-state index in [9.17, 15) is 23.5 Å². The molecule has 0 aliphatic heterocycles. The molecule has 0 unspecified atom stereocenters. The molecule has 1 atom stereocenters. The molecule has 1 amide bonds. The fraction of sp³-hybridized carbons (Fsp3) is 0.100. The number of amides is 1. The number of aromatic amines is 1. The minimum Gasteiger partial charge on any atom is -0.480 e. The summed E-state index contributed by atoms with van der Waals surface area (Å²) in [6.07, 6.45) is 3.97. The van der Waals surface area contributed by atoms with E-state index in [2.05, 4.69) is 10.3 Å². The van der Waals surface area contributed by atoms with Gasteiger partial charge in [-0.2, -0.15) is 0 Å². The van der Waals surface area contributed by atoms with Crippen molar-refractivity contribution in [2.45, 2.75) is 12.5 Å². The fourth-order valence-corrected chi connectivity index (χ4v) is 2.74. The van der Waals surface area contributed by atoms with Gasteiger partial charge in [-0.25, -0.2) is 13.6 Å². The number of fused-ring (bicyclic) bond motifs is 1. The molecule has 3 rings (SSSR count). The average Bonchev–Trinajstić information content (AvgIpc) is 3.03. The van der Waals surface area contributed by atoms with E-state index in [0.717, 1.165) is 34.7 Å². The highest BCUT2D eigenvalue weighted by Gasteiger charge is 2.21. The summed E-state index contributed by atoms with van der Waals surface area (Å²) in [6.45, 7) is 0. The van der Waals surface area contributed by atoms with Crippen LogP contribution in [-0.4, -0.2) is 28.0 Å². The highest BCUT2D eigenvalue weighted by atomic mass is 19.1. The lowest BCUT2D eigenvalue weighted by Gasteiger charge is -2.13. The standard InChI is InChI=1S/C20H16F2N2O3/c21-14-7-5-12(16(22)10-14)6-8-19(25)24-18(20(26)27)9-13-11-23-17-4-2-1-3-15(13)17/h1-8,10-11,18,23H,9H2,(H,24,25)(H,26,27)/t18-/m0/s1. The predicted molar refractivity (Wildman–Crippen MR) is 97.0 cm³/mol. The Balaban J connectivity index is 1.71. The van der Waals surface area contributed by atoms with Crippen LogP contribution in [0.15, 0.2) is 54.7 Å². The molecule has 138 valence electrons. The van der Waals surface area contributed by atoms with Crippen LogP contribution in [0.2, 0.25) is 0 Å². The summed E-state index contributed by atoms with van der Waals surface area (Å²) in [4.78, 5) is 26.6. The second-order valence-corrected chi connectivity index (χ2v) is 5.96. The first-order valence-electron chi connectivity index (χ1n) is 8.15. The van der Waals surface area contributed by atoms with Crippen LogP contribution in [0.5, 0.6) is 0 Å². The van der Waals surface area contributed by atoms with Gasteiger partial charge in [-0.1, -0.05) is 18.2 Å². The number of halogens is 2. The van der Waals surface area contributed by atoms with E-state index in [1.807, 2.05) is 24.3 Å². The Morgan fingerprint density at radius 2 is 1.96 bits per heavy atom. The Bertz CT molecular complexity index is 1030. The molecule has 27 heavy (non-hydrogen) atoms. The Labute approximate surface area is 153 Å². The van der Waals surface area contributed by atoms with E-state index in [0.29, 0.717) is 6.07 Å². The van der Waals surface area contributed by atoms with Crippen molar-refractivity contribution in [3.05, 3.63) is 77.5 Å². The van der Waals surface area contributed by atoms with Crippen LogP contribution in [0, 0.1) is 11.6 Å². The maximum absolute atomic E-state index is 13.6. The number of carboxylic acid groups (broad SMARTS) is 1. The topological polar surface area (TPSA) is 82.2 Å². The quantitative estimate of drug-likeness (QED) is 0.583. The van der Waals surface area contributed by atoms with Gasteiger partial charge in [0.1, 0.15) is 17.7 Å². The number of rotatable bonds is 6. The van der Waals surface area contributed by atoms with Gasteiger partial charge in [-0.3, -0.25) is 4.79 Å². The molecule has 0 saturated heterocycles. The van der Waals surface area contributed by atoms with Gasteiger partial charge in [0.2, 0.25) is 5.91 Å². The van der Waals surface area contributed by atoms with Gasteiger partial charge >= 0.3 is 5.97 Å². The lowest BCUT2D eigenvalue weighted by molar-refractivity contribution is -0.141. The third kappa shape index (κ3) is 4.38. The van der Waals surface area contributed by atoms with Crippen molar-refractivity contribution in [1.29, 1.82) is 0 Å². The molecule has 3 N–H and O–H groups in total. The summed E-state index contributed by atoms with van der Waals surface area (Å²) in [7, 11) is 0. The summed E-state index contributed by atoms with van der Waals surface area (Å²) < 4.78 is 26.5. The molecule has 7 heteroatoms. The maximum Gasteiger partial charge on any atom is 0.326 e. The maximum atomic E-state index is 13.6. The van der Waals surface area contributed by atoms with Crippen LogP contribution < -0.4 is 5.32 Å². The molecule has 0 radical (unpaired) electrons. The average molecular weight is 370 g/mol. The molecule has 5 nitrogen and oxygen atoms in total. The number of hydrogen-bond donors (Lipinski definition) is 3. The number of hydrogen-bond acceptors (Lipinski definition) is 2. The predicted octanol–water partition coefficient (Wildman–Crippen LogP) is 3.27. The Morgan fingerprint density at radius 3 is 2.70 bits per heavy atom. The van der Waals surface area contributed by atoms with Gasteiger partial charge in [0.15, 0.2) is 0 Å². The number of carbonyl (C=O) groups is 2. The summed E-state index contributed by atoms with van der Waals surface area (Å²) in [5, 5.41) is 12.7. The van der Waals surface area contributed by atoms with Gasteiger partial charge in [0, 0.05) is 41.2 Å². The monoisotopic (exact) mass is 370 g/mol. The number of nitrogens with one attached hydrogen (secondary N) is 2. The third-order valence-electron chi connectivity index (χ3n) is 4.09. The molecule has 0 bridgehead atoms. The van der Waals surface area contributed by atoms with Crippen LogP contribution in [0.4, 0.5) is 8.78 Å². The summed E-state index contributed by atoms with van der Waals surface area (Å²) in [6, 6.07) is 9.24. The number of H-pyrrole nitrogens is 1. The third-order valence-corrected chi connectivity index (χ3v) is 4.09. The number of aliphatic carboxylic acids is 1. The number of para-hydroxylation sites is 1. The van der Waals surface area contributed by atoms with Crippen LogP contribution in [0.3, 0.4) is 0 Å².